The van der Waals surface area contributed by atoms with Crippen molar-refractivity contribution in [3.63, 3.8) is 0 Å². The maximum atomic E-state index is 5.04. The zero-order valence-electron chi connectivity index (χ0n) is 11.0. The summed E-state index contributed by atoms with van der Waals surface area (Å²) < 4.78 is 5.04. The normalized spacial score (nSPS) is 15.5. The Kier molecular flexibility index (Phi) is 3.68. The van der Waals surface area contributed by atoms with Crippen LogP contribution in [0.25, 0.3) is 0 Å². The van der Waals surface area contributed by atoms with Gasteiger partial charge < -0.3 is 14.6 Å². The number of nitrogens with one attached hydrogen (secondary N) is 1. The van der Waals surface area contributed by atoms with Gasteiger partial charge in [0.15, 0.2) is 0 Å². The molecule has 0 spiro atoms. The Morgan fingerprint density at radius 2 is 2.05 bits per heavy atom. The summed E-state index contributed by atoms with van der Waals surface area (Å²) in [4.78, 5) is 6.91. The number of aromatic nitrogens is 1. The lowest BCUT2D eigenvalue weighted by atomic mass is 10.1. The standard InChI is InChI=1S/C15H19N3O/c1-2-7-18(8-3-1)15-5-4-14(11-17-15)16-10-13-6-9-19-12-13/h4-6,9,11-12,16H,1-3,7-8,10H2. The fourth-order valence-electron chi connectivity index (χ4n) is 2.40. The lowest BCUT2D eigenvalue weighted by molar-refractivity contribution is 0.564. The maximum Gasteiger partial charge on any atom is 0.128 e. The highest BCUT2D eigenvalue weighted by atomic mass is 16.3. The van der Waals surface area contributed by atoms with Gasteiger partial charge in [-0.3, -0.25) is 0 Å². The smallest absolute Gasteiger partial charge is 0.128 e. The SMILES string of the molecule is c1cc(CNc2ccc(N3CCCCC3)nc2)co1. The van der Waals surface area contributed by atoms with E-state index in [2.05, 4.69) is 27.3 Å². The van der Waals surface area contributed by atoms with Gasteiger partial charge in [0.25, 0.3) is 0 Å². The van der Waals surface area contributed by atoms with E-state index in [-0.39, 0.29) is 0 Å². The van der Waals surface area contributed by atoms with Crippen molar-refractivity contribution in [2.24, 2.45) is 0 Å². The number of anilines is 2. The van der Waals surface area contributed by atoms with Gasteiger partial charge in [0.2, 0.25) is 0 Å². The average Bonchev–Trinajstić information content (AvgIpc) is 3.00. The zero-order chi connectivity index (χ0) is 12.9. The Labute approximate surface area is 113 Å². The van der Waals surface area contributed by atoms with Gasteiger partial charge in [-0.05, 0) is 37.5 Å². The molecule has 4 heteroatoms. The third-order valence-corrected chi connectivity index (χ3v) is 3.50. The molecule has 2 aromatic heterocycles. The molecule has 0 bridgehead atoms. The molecule has 1 N–H and O–H groups in total. The van der Waals surface area contributed by atoms with E-state index < -0.39 is 0 Å². The zero-order valence-corrected chi connectivity index (χ0v) is 11.0. The van der Waals surface area contributed by atoms with Crippen LogP contribution in [-0.2, 0) is 6.54 Å². The highest BCUT2D eigenvalue weighted by Gasteiger charge is 2.11. The van der Waals surface area contributed by atoms with Gasteiger partial charge in [-0.15, -0.1) is 0 Å². The second kappa shape index (κ2) is 5.78. The predicted molar refractivity (Wildman–Crippen MR) is 76.3 cm³/mol. The number of hydrogen-bond acceptors (Lipinski definition) is 4. The van der Waals surface area contributed by atoms with Gasteiger partial charge in [0, 0.05) is 25.2 Å². The van der Waals surface area contributed by atoms with Gasteiger partial charge in [0.05, 0.1) is 24.4 Å². The van der Waals surface area contributed by atoms with E-state index in [1.807, 2.05) is 12.3 Å². The highest BCUT2D eigenvalue weighted by molar-refractivity contribution is 5.49. The first-order valence-corrected chi connectivity index (χ1v) is 6.88. The summed E-state index contributed by atoms with van der Waals surface area (Å²) in [5, 5.41) is 3.34. The predicted octanol–water partition coefficient (Wildman–Crippen LogP) is 3.28. The third-order valence-electron chi connectivity index (χ3n) is 3.50. The summed E-state index contributed by atoms with van der Waals surface area (Å²) >= 11 is 0. The summed E-state index contributed by atoms with van der Waals surface area (Å²) in [6.45, 7) is 3.03. The van der Waals surface area contributed by atoms with Crippen LogP contribution < -0.4 is 10.2 Å². The van der Waals surface area contributed by atoms with E-state index in [1.54, 1.807) is 12.5 Å². The lowest BCUT2D eigenvalue weighted by Crippen LogP contribution is -2.30. The van der Waals surface area contributed by atoms with E-state index >= 15 is 0 Å². The highest BCUT2D eigenvalue weighted by Crippen LogP contribution is 2.19. The molecule has 3 rings (SSSR count). The lowest BCUT2D eigenvalue weighted by Gasteiger charge is -2.27. The molecule has 1 aliphatic rings. The van der Waals surface area contributed by atoms with Crippen LogP contribution in [0.1, 0.15) is 24.8 Å². The van der Waals surface area contributed by atoms with Crippen molar-refractivity contribution >= 4 is 11.5 Å². The molecule has 0 unspecified atom stereocenters. The number of pyridine rings is 1. The molecule has 0 aromatic carbocycles. The largest absolute Gasteiger partial charge is 0.472 e. The Bertz CT molecular complexity index is 487. The van der Waals surface area contributed by atoms with Crippen molar-refractivity contribution in [3.05, 3.63) is 42.5 Å². The van der Waals surface area contributed by atoms with E-state index in [0.717, 1.165) is 36.7 Å². The molecule has 0 radical (unpaired) electrons. The fraction of sp³-hybridized carbons (Fsp3) is 0.400. The van der Waals surface area contributed by atoms with E-state index in [0.29, 0.717) is 0 Å². The monoisotopic (exact) mass is 257 g/mol. The van der Waals surface area contributed by atoms with E-state index in [9.17, 15) is 0 Å². The molecule has 3 heterocycles. The first-order valence-electron chi connectivity index (χ1n) is 6.88. The minimum Gasteiger partial charge on any atom is -0.472 e. The molecule has 1 saturated heterocycles. The molecular weight excluding hydrogens is 238 g/mol. The quantitative estimate of drug-likeness (QED) is 0.912. The summed E-state index contributed by atoms with van der Waals surface area (Å²) in [5.74, 6) is 1.09. The number of piperidine rings is 1. The van der Waals surface area contributed by atoms with Crippen LogP contribution in [-0.4, -0.2) is 18.1 Å². The number of rotatable bonds is 4. The minimum atomic E-state index is 0.765. The number of furan rings is 1. The Hall–Kier alpha value is -1.97. The molecule has 19 heavy (non-hydrogen) atoms. The van der Waals surface area contributed by atoms with Crippen LogP contribution in [0.4, 0.5) is 11.5 Å². The third kappa shape index (κ3) is 3.08. The van der Waals surface area contributed by atoms with Crippen LogP contribution in [0.15, 0.2) is 41.3 Å². The van der Waals surface area contributed by atoms with Crippen LogP contribution in [0.2, 0.25) is 0 Å². The Morgan fingerprint density at radius 3 is 2.74 bits per heavy atom. The van der Waals surface area contributed by atoms with Crippen molar-refractivity contribution in [3.8, 4) is 0 Å². The summed E-state index contributed by atoms with van der Waals surface area (Å²) in [6.07, 6.45) is 9.26. The number of nitrogens with zero attached hydrogens (tertiary/aromatic N) is 2. The molecule has 4 nitrogen and oxygen atoms in total. The molecule has 0 aliphatic carbocycles. The first-order chi connectivity index (χ1) is 9.42. The van der Waals surface area contributed by atoms with Crippen LogP contribution in [0, 0.1) is 0 Å². The first kappa shape index (κ1) is 12.1. The van der Waals surface area contributed by atoms with Crippen molar-refractivity contribution in [1.29, 1.82) is 0 Å². The van der Waals surface area contributed by atoms with E-state index in [1.165, 1.54) is 19.3 Å². The van der Waals surface area contributed by atoms with Crippen LogP contribution >= 0.6 is 0 Å². The molecule has 0 saturated carbocycles. The molecule has 1 fully saturated rings. The molecule has 2 aromatic rings. The van der Waals surface area contributed by atoms with Crippen molar-refractivity contribution in [2.45, 2.75) is 25.8 Å². The average molecular weight is 257 g/mol. The van der Waals surface area contributed by atoms with Crippen molar-refractivity contribution < 1.29 is 4.42 Å². The van der Waals surface area contributed by atoms with E-state index in [4.69, 9.17) is 4.42 Å². The van der Waals surface area contributed by atoms with Gasteiger partial charge in [-0.1, -0.05) is 0 Å². The van der Waals surface area contributed by atoms with Crippen molar-refractivity contribution in [1.82, 2.24) is 4.98 Å². The Morgan fingerprint density at radius 1 is 1.16 bits per heavy atom. The summed E-state index contributed by atoms with van der Waals surface area (Å²) in [7, 11) is 0. The van der Waals surface area contributed by atoms with Crippen molar-refractivity contribution in [2.75, 3.05) is 23.3 Å². The Balaban J connectivity index is 1.58. The molecule has 0 atom stereocenters. The van der Waals surface area contributed by atoms with Gasteiger partial charge >= 0.3 is 0 Å². The van der Waals surface area contributed by atoms with Crippen LogP contribution in [0.5, 0.6) is 0 Å². The molecule has 1 aliphatic heterocycles. The molecule has 100 valence electrons. The van der Waals surface area contributed by atoms with Gasteiger partial charge in [-0.2, -0.15) is 0 Å². The number of hydrogen-bond donors (Lipinski definition) is 1. The second-order valence-corrected chi connectivity index (χ2v) is 4.94. The van der Waals surface area contributed by atoms with Gasteiger partial charge in [-0.25, -0.2) is 4.98 Å². The summed E-state index contributed by atoms with van der Waals surface area (Å²) in [5.41, 5.74) is 2.18. The van der Waals surface area contributed by atoms with Gasteiger partial charge in [0.1, 0.15) is 5.82 Å². The minimum absolute atomic E-state index is 0.765. The fourth-order valence-corrected chi connectivity index (χ4v) is 2.40. The molecule has 0 amide bonds. The molecular formula is C15H19N3O. The maximum absolute atomic E-state index is 5.04. The summed E-state index contributed by atoms with van der Waals surface area (Å²) in [6, 6.07) is 6.16. The van der Waals surface area contributed by atoms with Crippen LogP contribution in [0.3, 0.4) is 0 Å². The second-order valence-electron chi connectivity index (χ2n) is 4.94. The topological polar surface area (TPSA) is 41.3 Å².